The van der Waals surface area contributed by atoms with E-state index in [1.165, 1.54) is 56.6 Å². The minimum atomic E-state index is 0.607. The molecule has 1 aromatic carbocycles. The Kier molecular flexibility index (Phi) is 4.02. The fourth-order valence-corrected chi connectivity index (χ4v) is 3.37. The lowest BCUT2D eigenvalue weighted by molar-refractivity contribution is 0.338. The highest BCUT2D eigenvalue weighted by Crippen LogP contribution is 2.51. The van der Waals surface area contributed by atoms with Gasteiger partial charge >= 0.3 is 0 Å². The van der Waals surface area contributed by atoms with E-state index in [-0.39, 0.29) is 0 Å². The number of hydrogen-bond acceptors (Lipinski definition) is 2. The molecule has 1 aromatic rings. The fraction of sp³-hybridized carbons (Fsp3) is 0.667. The summed E-state index contributed by atoms with van der Waals surface area (Å²) in [6.45, 7) is 9.37. The maximum absolute atomic E-state index is 3.66. The van der Waals surface area contributed by atoms with Gasteiger partial charge in [-0.15, -0.1) is 0 Å². The number of benzene rings is 1. The van der Waals surface area contributed by atoms with Crippen LogP contribution in [0.2, 0.25) is 0 Å². The Morgan fingerprint density at radius 1 is 1.10 bits per heavy atom. The van der Waals surface area contributed by atoms with Crippen molar-refractivity contribution in [1.29, 1.82) is 0 Å². The molecule has 0 unspecified atom stereocenters. The maximum Gasteiger partial charge on any atom is 0.0366 e. The molecule has 110 valence electrons. The molecule has 2 nitrogen and oxygen atoms in total. The Labute approximate surface area is 123 Å². The van der Waals surface area contributed by atoms with Crippen LogP contribution in [0.15, 0.2) is 24.3 Å². The van der Waals surface area contributed by atoms with Crippen molar-refractivity contribution in [3.05, 3.63) is 29.8 Å². The molecule has 3 rings (SSSR count). The Hall–Kier alpha value is -1.02. The van der Waals surface area contributed by atoms with Crippen LogP contribution in [0.1, 0.15) is 45.1 Å². The Morgan fingerprint density at radius 3 is 2.30 bits per heavy atom. The first-order valence-electron chi connectivity index (χ1n) is 8.24. The molecule has 1 heterocycles. The summed E-state index contributed by atoms with van der Waals surface area (Å²) >= 11 is 0. The molecular formula is C18H28N2. The van der Waals surface area contributed by atoms with E-state index in [0.717, 1.165) is 12.5 Å². The fourth-order valence-electron chi connectivity index (χ4n) is 3.37. The molecule has 0 radical (unpaired) electrons. The normalized spacial score (nSPS) is 20.6. The van der Waals surface area contributed by atoms with Crippen molar-refractivity contribution >= 4 is 5.69 Å². The van der Waals surface area contributed by atoms with Crippen LogP contribution in [0.3, 0.4) is 0 Å². The Bertz CT molecular complexity index is 425. The molecule has 0 atom stereocenters. The van der Waals surface area contributed by atoms with Gasteiger partial charge in [0.05, 0.1) is 0 Å². The molecule has 2 heteroatoms. The van der Waals surface area contributed by atoms with Crippen LogP contribution in [-0.4, -0.2) is 19.6 Å². The second-order valence-electron chi connectivity index (χ2n) is 6.98. The van der Waals surface area contributed by atoms with Crippen molar-refractivity contribution in [1.82, 2.24) is 5.32 Å². The number of nitrogens with zero attached hydrogens (tertiary/aromatic N) is 1. The minimum Gasteiger partial charge on any atom is -0.372 e. The second-order valence-corrected chi connectivity index (χ2v) is 6.98. The zero-order chi connectivity index (χ0) is 14.0. The zero-order valence-electron chi connectivity index (χ0n) is 13.0. The molecule has 1 N–H and O–H groups in total. The van der Waals surface area contributed by atoms with Crippen molar-refractivity contribution in [2.45, 2.75) is 46.1 Å². The van der Waals surface area contributed by atoms with Gasteiger partial charge < -0.3 is 10.2 Å². The van der Waals surface area contributed by atoms with Crippen LogP contribution in [0.4, 0.5) is 5.69 Å². The third-order valence-corrected chi connectivity index (χ3v) is 5.33. The molecule has 1 aliphatic carbocycles. The van der Waals surface area contributed by atoms with E-state index in [0.29, 0.717) is 5.41 Å². The first-order chi connectivity index (χ1) is 9.70. The van der Waals surface area contributed by atoms with Crippen molar-refractivity contribution in [3.63, 3.8) is 0 Å². The van der Waals surface area contributed by atoms with Gasteiger partial charge in [-0.05, 0) is 54.7 Å². The van der Waals surface area contributed by atoms with Gasteiger partial charge in [0.2, 0.25) is 0 Å². The summed E-state index contributed by atoms with van der Waals surface area (Å²) in [5.74, 6) is 0.813. The van der Waals surface area contributed by atoms with Gasteiger partial charge in [-0.3, -0.25) is 0 Å². The van der Waals surface area contributed by atoms with Crippen LogP contribution >= 0.6 is 0 Å². The number of rotatable bonds is 6. The maximum atomic E-state index is 3.66. The van der Waals surface area contributed by atoms with Crippen LogP contribution in [0.25, 0.3) is 0 Å². The highest BCUT2D eigenvalue weighted by atomic mass is 15.1. The van der Waals surface area contributed by atoms with E-state index in [2.05, 4.69) is 48.3 Å². The average molecular weight is 272 g/mol. The predicted molar refractivity (Wildman–Crippen MR) is 86.1 cm³/mol. The first-order valence-corrected chi connectivity index (χ1v) is 8.24. The highest BCUT2D eigenvalue weighted by molar-refractivity contribution is 5.48. The van der Waals surface area contributed by atoms with Gasteiger partial charge in [-0.1, -0.05) is 26.0 Å². The average Bonchev–Trinajstić information content (AvgIpc) is 3.05. The van der Waals surface area contributed by atoms with Crippen LogP contribution in [0, 0.1) is 11.3 Å². The monoisotopic (exact) mass is 272 g/mol. The summed E-state index contributed by atoms with van der Waals surface area (Å²) in [6.07, 6.45) is 5.51. The molecule has 20 heavy (non-hydrogen) atoms. The van der Waals surface area contributed by atoms with Gasteiger partial charge in [0.1, 0.15) is 0 Å². The van der Waals surface area contributed by atoms with Gasteiger partial charge in [-0.2, -0.15) is 0 Å². The molecule has 2 fully saturated rings. The van der Waals surface area contributed by atoms with E-state index in [4.69, 9.17) is 0 Å². The molecular weight excluding hydrogens is 244 g/mol. The first kappa shape index (κ1) is 13.9. The third-order valence-electron chi connectivity index (χ3n) is 5.33. The quantitative estimate of drug-likeness (QED) is 0.847. The lowest BCUT2D eigenvalue weighted by Crippen LogP contribution is -2.27. The molecule has 0 spiro atoms. The predicted octanol–water partition coefficient (Wildman–Crippen LogP) is 3.81. The third kappa shape index (κ3) is 3.01. The SMILES string of the molecule is CC(C)C1(CNCc2ccc(N3CCCC3)cc2)CC1. The van der Waals surface area contributed by atoms with Crippen molar-refractivity contribution < 1.29 is 0 Å². The van der Waals surface area contributed by atoms with Crippen LogP contribution in [-0.2, 0) is 6.54 Å². The van der Waals surface area contributed by atoms with Gasteiger partial charge in [0.15, 0.2) is 0 Å². The van der Waals surface area contributed by atoms with E-state index >= 15 is 0 Å². The lowest BCUT2D eigenvalue weighted by Gasteiger charge is -2.20. The second kappa shape index (κ2) is 5.77. The summed E-state index contributed by atoms with van der Waals surface area (Å²) in [5, 5.41) is 3.66. The topological polar surface area (TPSA) is 15.3 Å². The van der Waals surface area contributed by atoms with Crippen LogP contribution in [0.5, 0.6) is 0 Å². The molecule has 1 saturated carbocycles. The standard InChI is InChI=1S/C18H28N2/c1-15(2)18(9-10-18)14-19-13-16-5-7-17(8-6-16)20-11-3-4-12-20/h5-8,15,19H,3-4,9-14H2,1-2H3. The highest BCUT2D eigenvalue weighted by Gasteiger charge is 2.44. The zero-order valence-corrected chi connectivity index (χ0v) is 13.0. The summed E-state index contributed by atoms with van der Waals surface area (Å²) in [5.41, 5.74) is 3.41. The molecule has 0 aromatic heterocycles. The van der Waals surface area contributed by atoms with Crippen LogP contribution < -0.4 is 10.2 Å². The van der Waals surface area contributed by atoms with Crippen molar-refractivity contribution in [3.8, 4) is 0 Å². The molecule has 1 aliphatic heterocycles. The Morgan fingerprint density at radius 2 is 1.75 bits per heavy atom. The van der Waals surface area contributed by atoms with Gasteiger partial charge in [0, 0.05) is 31.9 Å². The lowest BCUT2D eigenvalue weighted by atomic mass is 9.92. The Balaban J connectivity index is 1.48. The summed E-state index contributed by atoms with van der Waals surface area (Å²) in [7, 11) is 0. The van der Waals surface area contributed by atoms with Gasteiger partial charge in [0.25, 0.3) is 0 Å². The molecule has 0 amide bonds. The van der Waals surface area contributed by atoms with E-state index in [1.807, 2.05) is 0 Å². The number of anilines is 1. The van der Waals surface area contributed by atoms with E-state index in [9.17, 15) is 0 Å². The van der Waals surface area contributed by atoms with Gasteiger partial charge in [-0.25, -0.2) is 0 Å². The largest absolute Gasteiger partial charge is 0.372 e. The van der Waals surface area contributed by atoms with Crippen molar-refractivity contribution in [2.24, 2.45) is 11.3 Å². The van der Waals surface area contributed by atoms with Crippen molar-refractivity contribution in [2.75, 3.05) is 24.5 Å². The molecule has 1 saturated heterocycles. The summed E-state index contributed by atoms with van der Waals surface area (Å²) in [4.78, 5) is 2.50. The smallest absolute Gasteiger partial charge is 0.0366 e. The summed E-state index contributed by atoms with van der Waals surface area (Å²) < 4.78 is 0. The van der Waals surface area contributed by atoms with E-state index < -0.39 is 0 Å². The summed E-state index contributed by atoms with van der Waals surface area (Å²) in [6, 6.07) is 9.15. The molecule has 0 bridgehead atoms. The molecule has 2 aliphatic rings. The van der Waals surface area contributed by atoms with E-state index in [1.54, 1.807) is 0 Å². The minimum absolute atomic E-state index is 0.607. The number of nitrogens with one attached hydrogen (secondary N) is 1. The number of hydrogen-bond donors (Lipinski definition) is 1.